The van der Waals surface area contributed by atoms with E-state index in [9.17, 15) is 10.2 Å². The number of hydrogen-bond acceptors (Lipinski definition) is 7. The molecule has 0 bridgehead atoms. The first kappa shape index (κ1) is 13.6. The van der Waals surface area contributed by atoms with Crippen LogP contribution >= 0.6 is 15.9 Å². The molecule has 2 aromatic heterocycles. The van der Waals surface area contributed by atoms with Gasteiger partial charge in [0.05, 0.1) is 6.61 Å². The summed E-state index contributed by atoms with van der Waals surface area (Å²) in [5.41, 5.74) is 0.727. The molecule has 1 aliphatic rings. The van der Waals surface area contributed by atoms with E-state index in [1.807, 2.05) is 0 Å². The molecule has 3 heterocycles. The van der Waals surface area contributed by atoms with Gasteiger partial charge in [-0.3, -0.25) is 9.98 Å². The van der Waals surface area contributed by atoms with Gasteiger partial charge in [-0.15, -0.1) is 0 Å². The molecule has 3 rings (SSSR count). The normalized spacial score (nSPS) is 30.2. The van der Waals surface area contributed by atoms with Crippen molar-refractivity contribution in [1.29, 1.82) is 5.41 Å². The third-order valence-corrected chi connectivity index (χ3v) is 3.62. The maximum atomic E-state index is 10.0. The standard InChI is InChI=1S/C10H12BrN5O4/c11-10-14-4-7(12)13-2-16(8(4)15-10)9-6(19)5(18)3(1-17)20-9/h2-3,5-6,9,12,17-19H,1H2,(H,14,15)/t3-,5-,6-,9?/m1/s1. The van der Waals surface area contributed by atoms with Crippen molar-refractivity contribution in [3.63, 3.8) is 0 Å². The van der Waals surface area contributed by atoms with Gasteiger partial charge in [0.1, 0.15) is 30.2 Å². The van der Waals surface area contributed by atoms with Crippen molar-refractivity contribution < 1.29 is 20.1 Å². The first-order chi connectivity index (χ1) is 9.52. The zero-order valence-electron chi connectivity index (χ0n) is 10.1. The fraction of sp³-hybridized carbons (Fsp3) is 0.500. The van der Waals surface area contributed by atoms with Crippen molar-refractivity contribution >= 4 is 27.1 Å². The van der Waals surface area contributed by atoms with Crippen LogP contribution in [0.5, 0.6) is 0 Å². The van der Waals surface area contributed by atoms with E-state index in [0.717, 1.165) is 0 Å². The minimum atomic E-state index is -1.23. The molecule has 108 valence electrons. The quantitative estimate of drug-likeness (QED) is 0.424. The number of rotatable bonds is 2. The highest BCUT2D eigenvalue weighted by Crippen LogP contribution is 2.30. The molecule has 0 amide bonds. The molecular weight excluding hydrogens is 334 g/mol. The van der Waals surface area contributed by atoms with Crippen molar-refractivity contribution in [2.45, 2.75) is 24.5 Å². The predicted octanol–water partition coefficient (Wildman–Crippen LogP) is -1.39. The Labute approximate surface area is 120 Å². The Morgan fingerprint density at radius 1 is 1.45 bits per heavy atom. The van der Waals surface area contributed by atoms with Gasteiger partial charge in [-0.2, -0.15) is 0 Å². The summed E-state index contributed by atoms with van der Waals surface area (Å²) in [6.45, 7) is -0.410. The van der Waals surface area contributed by atoms with E-state index in [0.29, 0.717) is 15.9 Å². The molecule has 0 aromatic carbocycles. The monoisotopic (exact) mass is 345 g/mol. The first-order valence-electron chi connectivity index (χ1n) is 5.82. The summed E-state index contributed by atoms with van der Waals surface area (Å²) in [5, 5.41) is 36.6. The smallest absolute Gasteiger partial charge is 0.177 e. The maximum absolute atomic E-state index is 10.0. The molecule has 9 nitrogen and oxygen atoms in total. The van der Waals surface area contributed by atoms with E-state index in [4.69, 9.17) is 15.3 Å². The lowest BCUT2D eigenvalue weighted by atomic mass is 10.1. The molecule has 0 aliphatic carbocycles. The lowest BCUT2D eigenvalue weighted by Gasteiger charge is -2.18. The summed E-state index contributed by atoms with van der Waals surface area (Å²) in [5.74, 6) is 0. The second-order valence-electron chi connectivity index (χ2n) is 4.46. The second-order valence-corrected chi connectivity index (χ2v) is 5.21. The summed E-state index contributed by atoms with van der Waals surface area (Å²) in [6, 6.07) is 0. The number of aliphatic hydroxyl groups is 3. The average Bonchev–Trinajstić information content (AvgIpc) is 2.94. The lowest BCUT2D eigenvalue weighted by molar-refractivity contribution is -0.0515. The van der Waals surface area contributed by atoms with Gasteiger partial charge in [-0.25, -0.2) is 9.97 Å². The highest BCUT2D eigenvalue weighted by atomic mass is 79.9. The number of aromatic nitrogens is 4. The number of H-pyrrole nitrogens is 1. The molecular formula is C10H12BrN5O4. The Morgan fingerprint density at radius 2 is 2.20 bits per heavy atom. The van der Waals surface area contributed by atoms with E-state index < -0.39 is 31.1 Å². The second kappa shape index (κ2) is 4.90. The topological polar surface area (TPSA) is 140 Å². The lowest BCUT2D eigenvalue weighted by Crippen LogP contribution is -2.33. The van der Waals surface area contributed by atoms with E-state index in [-0.39, 0.29) is 5.49 Å². The molecule has 1 unspecified atom stereocenters. The minimum Gasteiger partial charge on any atom is -0.394 e. The van der Waals surface area contributed by atoms with Crippen LogP contribution in [-0.2, 0) is 4.74 Å². The predicted molar refractivity (Wildman–Crippen MR) is 68.4 cm³/mol. The Balaban J connectivity index is 2.11. The number of ether oxygens (including phenoxy) is 1. The van der Waals surface area contributed by atoms with E-state index in [2.05, 4.69) is 30.9 Å². The van der Waals surface area contributed by atoms with E-state index in [1.165, 1.54) is 10.9 Å². The van der Waals surface area contributed by atoms with Gasteiger partial charge in [-0.05, 0) is 15.9 Å². The van der Waals surface area contributed by atoms with Crippen molar-refractivity contribution in [3.05, 3.63) is 16.5 Å². The minimum absolute atomic E-state index is 0.00110. The van der Waals surface area contributed by atoms with Gasteiger partial charge < -0.3 is 25.0 Å². The number of nitrogens with one attached hydrogen (secondary N) is 2. The molecule has 4 atom stereocenters. The van der Waals surface area contributed by atoms with Gasteiger partial charge >= 0.3 is 0 Å². The SMILES string of the molecule is N=c1ncn(C2O[C@H](CO)[C@@H](O)[C@H]2O)c2nc(Br)[nH]c12. The van der Waals surface area contributed by atoms with Crippen LogP contribution < -0.4 is 5.49 Å². The van der Waals surface area contributed by atoms with Crippen molar-refractivity contribution in [3.8, 4) is 0 Å². The number of aliphatic hydroxyl groups excluding tert-OH is 3. The number of nitrogens with zero attached hydrogens (tertiary/aromatic N) is 3. The van der Waals surface area contributed by atoms with Crippen LogP contribution in [0.4, 0.5) is 0 Å². The zero-order valence-corrected chi connectivity index (χ0v) is 11.6. The van der Waals surface area contributed by atoms with Crippen molar-refractivity contribution in [2.24, 2.45) is 0 Å². The third kappa shape index (κ3) is 1.96. The number of hydrogen-bond donors (Lipinski definition) is 5. The molecule has 0 saturated carbocycles. The fourth-order valence-electron chi connectivity index (χ4n) is 2.22. The zero-order chi connectivity index (χ0) is 14.4. The Bertz CT molecular complexity index is 701. The van der Waals surface area contributed by atoms with E-state index >= 15 is 0 Å². The van der Waals surface area contributed by atoms with Crippen LogP contribution in [0.15, 0.2) is 11.1 Å². The average molecular weight is 346 g/mol. The van der Waals surface area contributed by atoms with Crippen LogP contribution in [0.3, 0.4) is 0 Å². The number of aromatic amines is 1. The Hall–Kier alpha value is -1.33. The third-order valence-electron chi connectivity index (χ3n) is 3.24. The van der Waals surface area contributed by atoms with Gasteiger partial charge in [0.25, 0.3) is 0 Å². The van der Waals surface area contributed by atoms with Crippen LogP contribution in [0.25, 0.3) is 11.2 Å². The molecule has 1 saturated heterocycles. The van der Waals surface area contributed by atoms with Crippen molar-refractivity contribution in [1.82, 2.24) is 19.5 Å². The molecule has 10 heteroatoms. The van der Waals surface area contributed by atoms with Gasteiger partial charge in [-0.1, -0.05) is 0 Å². The Morgan fingerprint density at radius 3 is 2.85 bits per heavy atom. The Kier molecular flexibility index (Phi) is 3.34. The highest BCUT2D eigenvalue weighted by molar-refractivity contribution is 9.10. The largest absolute Gasteiger partial charge is 0.394 e. The van der Waals surface area contributed by atoms with Crippen molar-refractivity contribution in [2.75, 3.05) is 6.61 Å². The maximum Gasteiger partial charge on any atom is 0.177 e. The van der Waals surface area contributed by atoms with Crippen LogP contribution in [0, 0.1) is 5.41 Å². The molecule has 5 N–H and O–H groups in total. The molecule has 2 aromatic rings. The molecule has 1 fully saturated rings. The first-order valence-corrected chi connectivity index (χ1v) is 6.61. The molecule has 0 radical (unpaired) electrons. The summed E-state index contributed by atoms with van der Waals surface area (Å²) in [7, 11) is 0. The molecule has 1 aliphatic heterocycles. The van der Waals surface area contributed by atoms with Crippen LogP contribution in [-0.4, -0.2) is 59.8 Å². The summed E-state index contributed by atoms with van der Waals surface area (Å²) in [4.78, 5) is 10.9. The summed E-state index contributed by atoms with van der Waals surface area (Å²) < 4.78 is 7.25. The van der Waals surface area contributed by atoms with E-state index in [1.54, 1.807) is 0 Å². The number of imidazole rings is 1. The molecule has 20 heavy (non-hydrogen) atoms. The highest BCUT2D eigenvalue weighted by Gasteiger charge is 2.43. The molecule has 0 spiro atoms. The van der Waals surface area contributed by atoms with Gasteiger partial charge in [0, 0.05) is 0 Å². The summed E-state index contributed by atoms with van der Waals surface area (Å²) >= 11 is 3.17. The fourth-order valence-corrected chi connectivity index (χ4v) is 2.59. The number of fused-ring (bicyclic) bond motifs is 1. The van der Waals surface area contributed by atoms with Gasteiger partial charge in [0.15, 0.2) is 22.1 Å². The number of halogens is 1. The van der Waals surface area contributed by atoms with Crippen LogP contribution in [0.2, 0.25) is 0 Å². The summed E-state index contributed by atoms with van der Waals surface area (Å²) in [6.07, 6.45) is -2.94. The van der Waals surface area contributed by atoms with Gasteiger partial charge in [0.2, 0.25) is 0 Å². The van der Waals surface area contributed by atoms with Crippen LogP contribution in [0.1, 0.15) is 6.23 Å².